The van der Waals surface area contributed by atoms with E-state index in [2.05, 4.69) is 10.3 Å². The van der Waals surface area contributed by atoms with Crippen LogP contribution in [-0.2, 0) is 16.1 Å². The molecule has 7 heteroatoms. The second-order valence-electron chi connectivity index (χ2n) is 5.02. The minimum absolute atomic E-state index is 0.404. The van der Waals surface area contributed by atoms with Crippen molar-refractivity contribution in [3.8, 4) is 0 Å². The van der Waals surface area contributed by atoms with Gasteiger partial charge in [0.25, 0.3) is 0 Å². The van der Waals surface area contributed by atoms with Crippen LogP contribution in [0, 0.1) is 0 Å². The van der Waals surface area contributed by atoms with E-state index in [0.717, 1.165) is 0 Å². The lowest BCUT2D eigenvalue weighted by molar-refractivity contribution is -0.139. The summed E-state index contributed by atoms with van der Waals surface area (Å²) in [7, 11) is 0. The molecule has 0 aliphatic rings. The standard InChI is InChI=1S/C12H19N3O4/c1-5-15-7-13-6-8(15)9(10(16)17)14-11(18)19-12(2,3)4/h6-7,9H,5H2,1-4H3,(H,14,18)(H,16,17). The molecule has 0 radical (unpaired) electrons. The van der Waals surface area contributed by atoms with E-state index in [0.29, 0.717) is 12.2 Å². The van der Waals surface area contributed by atoms with Crippen molar-refractivity contribution in [2.75, 3.05) is 0 Å². The largest absolute Gasteiger partial charge is 0.479 e. The van der Waals surface area contributed by atoms with E-state index in [-0.39, 0.29) is 0 Å². The Morgan fingerprint density at radius 1 is 1.53 bits per heavy atom. The van der Waals surface area contributed by atoms with Gasteiger partial charge in [0.1, 0.15) is 5.60 Å². The molecule has 1 unspecified atom stereocenters. The topological polar surface area (TPSA) is 93.5 Å². The van der Waals surface area contributed by atoms with Gasteiger partial charge in [-0.25, -0.2) is 14.6 Å². The Hall–Kier alpha value is -2.05. The maximum absolute atomic E-state index is 11.6. The number of aliphatic carboxylic acids is 1. The van der Waals surface area contributed by atoms with Crippen LogP contribution in [0.15, 0.2) is 12.5 Å². The SMILES string of the molecule is CCn1cncc1C(NC(=O)OC(C)(C)C)C(=O)O. The third kappa shape index (κ3) is 4.27. The quantitative estimate of drug-likeness (QED) is 0.865. The van der Waals surface area contributed by atoms with Crippen LogP contribution in [0.2, 0.25) is 0 Å². The minimum Gasteiger partial charge on any atom is -0.479 e. The zero-order valence-corrected chi connectivity index (χ0v) is 11.5. The number of hydrogen-bond donors (Lipinski definition) is 2. The molecule has 7 nitrogen and oxygen atoms in total. The smallest absolute Gasteiger partial charge is 0.408 e. The van der Waals surface area contributed by atoms with Gasteiger partial charge in [0.05, 0.1) is 18.2 Å². The van der Waals surface area contributed by atoms with Crippen molar-refractivity contribution in [3.63, 3.8) is 0 Å². The molecule has 1 aromatic rings. The monoisotopic (exact) mass is 269 g/mol. The molecular weight excluding hydrogens is 250 g/mol. The second-order valence-corrected chi connectivity index (χ2v) is 5.02. The number of hydrogen-bond acceptors (Lipinski definition) is 4. The number of ether oxygens (including phenoxy) is 1. The fourth-order valence-electron chi connectivity index (χ4n) is 1.52. The summed E-state index contributed by atoms with van der Waals surface area (Å²) in [5.74, 6) is -1.17. The first-order chi connectivity index (χ1) is 8.74. The predicted octanol–water partition coefficient (Wildman–Crippen LogP) is 1.55. The molecule has 0 aliphatic heterocycles. The van der Waals surface area contributed by atoms with Gasteiger partial charge < -0.3 is 19.7 Å². The Labute approximate surface area is 111 Å². The Morgan fingerprint density at radius 2 is 2.16 bits per heavy atom. The second kappa shape index (κ2) is 5.73. The molecule has 0 bridgehead atoms. The van der Waals surface area contributed by atoms with Gasteiger partial charge in [0, 0.05) is 6.54 Å². The molecule has 1 heterocycles. The van der Waals surface area contributed by atoms with Crippen molar-refractivity contribution in [2.45, 2.75) is 45.9 Å². The molecule has 1 amide bonds. The zero-order valence-electron chi connectivity index (χ0n) is 11.5. The molecule has 0 aliphatic carbocycles. The first-order valence-electron chi connectivity index (χ1n) is 5.97. The van der Waals surface area contributed by atoms with Crippen molar-refractivity contribution in [1.82, 2.24) is 14.9 Å². The minimum atomic E-state index is -1.18. The summed E-state index contributed by atoms with van der Waals surface area (Å²) in [5.41, 5.74) is -0.279. The number of carbonyl (C=O) groups is 2. The summed E-state index contributed by atoms with van der Waals surface area (Å²) < 4.78 is 6.70. The van der Waals surface area contributed by atoms with E-state index >= 15 is 0 Å². The van der Waals surface area contributed by atoms with Crippen LogP contribution in [0.5, 0.6) is 0 Å². The van der Waals surface area contributed by atoms with Crippen molar-refractivity contribution < 1.29 is 19.4 Å². The fraction of sp³-hybridized carbons (Fsp3) is 0.583. The van der Waals surface area contributed by atoms with Gasteiger partial charge in [-0.2, -0.15) is 0 Å². The van der Waals surface area contributed by atoms with Crippen LogP contribution in [0.25, 0.3) is 0 Å². The van der Waals surface area contributed by atoms with Crippen molar-refractivity contribution in [3.05, 3.63) is 18.2 Å². The molecular formula is C12H19N3O4. The summed E-state index contributed by atoms with van der Waals surface area (Å²) in [6.07, 6.45) is 2.16. The van der Waals surface area contributed by atoms with Gasteiger partial charge in [-0.1, -0.05) is 0 Å². The third-order valence-electron chi connectivity index (χ3n) is 2.29. The van der Waals surface area contributed by atoms with E-state index in [1.54, 1.807) is 25.3 Å². The van der Waals surface area contributed by atoms with Crippen LogP contribution in [0.4, 0.5) is 4.79 Å². The predicted molar refractivity (Wildman–Crippen MR) is 67.6 cm³/mol. The first-order valence-corrected chi connectivity index (χ1v) is 5.97. The average molecular weight is 269 g/mol. The molecule has 19 heavy (non-hydrogen) atoms. The van der Waals surface area contributed by atoms with Crippen molar-refractivity contribution in [2.24, 2.45) is 0 Å². The fourth-order valence-corrected chi connectivity index (χ4v) is 1.52. The zero-order chi connectivity index (χ0) is 14.6. The third-order valence-corrected chi connectivity index (χ3v) is 2.29. The lowest BCUT2D eigenvalue weighted by Gasteiger charge is -2.22. The van der Waals surface area contributed by atoms with E-state index in [9.17, 15) is 14.7 Å². The van der Waals surface area contributed by atoms with Gasteiger partial charge in [0.2, 0.25) is 0 Å². The number of carboxylic acid groups (broad SMARTS) is 1. The van der Waals surface area contributed by atoms with Crippen LogP contribution in [0.1, 0.15) is 39.4 Å². The Morgan fingerprint density at radius 3 is 2.63 bits per heavy atom. The molecule has 0 fully saturated rings. The van der Waals surface area contributed by atoms with Crippen LogP contribution in [0.3, 0.4) is 0 Å². The number of nitrogens with one attached hydrogen (secondary N) is 1. The Balaban J connectivity index is 2.86. The highest BCUT2D eigenvalue weighted by molar-refractivity contribution is 5.81. The molecule has 1 aromatic heterocycles. The molecule has 0 aromatic carbocycles. The van der Waals surface area contributed by atoms with Gasteiger partial charge in [-0.15, -0.1) is 0 Å². The molecule has 0 saturated heterocycles. The number of carbonyl (C=O) groups excluding carboxylic acids is 1. The van der Waals surface area contributed by atoms with Crippen LogP contribution < -0.4 is 5.32 Å². The highest BCUT2D eigenvalue weighted by Crippen LogP contribution is 2.15. The maximum atomic E-state index is 11.6. The van der Waals surface area contributed by atoms with Crippen LogP contribution in [-0.4, -0.2) is 32.3 Å². The van der Waals surface area contributed by atoms with E-state index < -0.39 is 23.7 Å². The number of carboxylic acids is 1. The summed E-state index contributed by atoms with van der Waals surface area (Å²) in [5, 5.41) is 11.5. The first kappa shape index (κ1) is 15.0. The van der Waals surface area contributed by atoms with E-state index in [4.69, 9.17) is 4.74 Å². The molecule has 106 valence electrons. The van der Waals surface area contributed by atoms with E-state index in [1.807, 2.05) is 6.92 Å². The van der Waals surface area contributed by atoms with Gasteiger partial charge in [0.15, 0.2) is 6.04 Å². The summed E-state index contributed by atoms with van der Waals surface area (Å²) in [6, 6.07) is -1.18. The van der Waals surface area contributed by atoms with Crippen molar-refractivity contribution in [1.29, 1.82) is 0 Å². The van der Waals surface area contributed by atoms with Crippen LogP contribution >= 0.6 is 0 Å². The van der Waals surface area contributed by atoms with Gasteiger partial charge in [-0.3, -0.25) is 0 Å². The normalized spacial score (nSPS) is 12.8. The lowest BCUT2D eigenvalue weighted by atomic mass is 10.2. The molecule has 1 rings (SSSR count). The molecule has 0 spiro atoms. The van der Waals surface area contributed by atoms with Gasteiger partial charge >= 0.3 is 12.1 Å². The average Bonchev–Trinajstić information content (AvgIpc) is 2.70. The maximum Gasteiger partial charge on any atom is 0.408 e. The van der Waals surface area contributed by atoms with Gasteiger partial charge in [-0.05, 0) is 27.7 Å². The van der Waals surface area contributed by atoms with Crippen molar-refractivity contribution >= 4 is 12.1 Å². The summed E-state index contributed by atoms with van der Waals surface area (Å²) >= 11 is 0. The molecule has 0 saturated carbocycles. The molecule has 1 atom stereocenters. The van der Waals surface area contributed by atoms with E-state index in [1.165, 1.54) is 12.5 Å². The Kier molecular flexibility index (Phi) is 4.52. The molecule has 2 N–H and O–H groups in total. The number of imidazole rings is 1. The number of amides is 1. The summed E-state index contributed by atoms with van der Waals surface area (Å²) in [6.45, 7) is 7.54. The number of aromatic nitrogens is 2. The Bertz CT molecular complexity index is 462. The highest BCUT2D eigenvalue weighted by Gasteiger charge is 2.27. The highest BCUT2D eigenvalue weighted by atomic mass is 16.6. The number of alkyl carbamates (subject to hydrolysis) is 1. The number of aryl methyl sites for hydroxylation is 1. The number of rotatable bonds is 4. The number of nitrogens with zero attached hydrogens (tertiary/aromatic N) is 2. The summed E-state index contributed by atoms with van der Waals surface area (Å²) in [4.78, 5) is 26.8. The lowest BCUT2D eigenvalue weighted by Crippen LogP contribution is -2.38.